The summed E-state index contributed by atoms with van der Waals surface area (Å²) >= 11 is 6.14. The molecule has 0 aromatic heterocycles. The molecule has 2 N–H and O–H groups in total. The molecule has 1 aromatic carbocycles. The van der Waals surface area contributed by atoms with Crippen molar-refractivity contribution in [2.45, 2.75) is 39.3 Å². The zero-order valence-corrected chi connectivity index (χ0v) is 11.8. The third-order valence-electron chi connectivity index (χ3n) is 3.10. The first-order valence-corrected chi connectivity index (χ1v) is 6.70. The molecular weight excluding hydrogens is 248 g/mol. The molecule has 0 spiro atoms. The molecule has 1 atom stereocenters. The van der Waals surface area contributed by atoms with Gasteiger partial charge in [0.2, 0.25) is 5.91 Å². The minimum Gasteiger partial charge on any atom is -0.336 e. The molecule has 100 valence electrons. The van der Waals surface area contributed by atoms with Crippen LogP contribution >= 0.6 is 11.6 Å². The van der Waals surface area contributed by atoms with Gasteiger partial charge in [0, 0.05) is 30.6 Å². The van der Waals surface area contributed by atoms with Crippen LogP contribution in [0.3, 0.4) is 0 Å². The van der Waals surface area contributed by atoms with Crippen molar-refractivity contribution in [3.63, 3.8) is 0 Å². The van der Waals surface area contributed by atoms with E-state index < -0.39 is 0 Å². The van der Waals surface area contributed by atoms with Gasteiger partial charge in [-0.1, -0.05) is 36.7 Å². The summed E-state index contributed by atoms with van der Waals surface area (Å²) in [6.07, 6.45) is 1.30. The molecule has 1 amide bonds. The highest BCUT2D eigenvalue weighted by Gasteiger charge is 2.19. The summed E-state index contributed by atoms with van der Waals surface area (Å²) in [5.74, 6) is 0.0896. The summed E-state index contributed by atoms with van der Waals surface area (Å²) in [7, 11) is 0. The second-order valence-electron chi connectivity index (χ2n) is 4.41. The number of carbonyl (C=O) groups excluding carboxylic acids is 1. The third kappa shape index (κ3) is 4.00. The van der Waals surface area contributed by atoms with Crippen LogP contribution in [0.2, 0.25) is 5.02 Å². The molecule has 1 unspecified atom stereocenters. The van der Waals surface area contributed by atoms with Gasteiger partial charge < -0.3 is 10.6 Å². The average Bonchev–Trinajstić information content (AvgIpc) is 2.37. The standard InChI is InChI=1S/C14H21ClN2O/c1-3-11(2)17(14(18)8-9-16)10-12-6-4-5-7-13(12)15/h4-7,11H,3,8-10,16H2,1-2H3. The van der Waals surface area contributed by atoms with Gasteiger partial charge in [0.25, 0.3) is 0 Å². The van der Waals surface area contributed by atoms with Gasteiger partial charge in [-0.15, -0.1) is 0 Å². The second-order valence-corrected chi connectivity index (χ2v) is 4.82. The van der Waals surface area contributed by atoms with Crippen LogP contribution in [0.4, 0.5) is 0 Å². The molecule has 0 radical (unpaired) electrons. The summed E-state index contributed by atoms with van der Waals surface area (Å²) in [5.41, 5.74) is 6.44. The first-order valence-electron chi connectivity index (χ1n) is 6.33. The summed E-state index contributed by atoms with van der Waals surface area (Å²) in [4.78, 5) is 13.9. The molecule has 0 bridgehead atoms. The van der Waals surface area contributed by atoms with Crippen LogP contribution in [0.25, 0.3) is 0 Å². The van der Waals surface area contributed by atoms with Gasteiger partial charge in [-0.3, -0.25) is 4.79 Å². The van der Waals surface area contributed by atoms with Crippen LogP contribution in [0, 0.1) is 0 Å². The molecule has 0 saturated carbocycles. The van der Waals surface area contributed by atoms with Crippen LogP contribution < -0.4 is 5.73 Å². The van der Waals surface area contributed by atoms with Crippen LogP contribution in [0.1, 0.15) is 32.3 Å². The van der Waals surface area contributed by atoms with Gasteiger partial charge in [0.05, 0.1) is 0 Å². The lowest BCUT2D eigenvalue weighted by Gasteiger charge is -2.29. The highest BCUT2D eigenvalue weighted by molar-refractivity contribution is 6.31. The maximum atomic E-state index is 12.1. The molecular formula is C14H21ClN2O. The van der Waals surface area contributed by atoms with Gasteiger partial charge in [-0.2, -0.15) is 0 Å². The quantitative estimate of drug-likeness (QED) is 0.862. The Hall–Kier alpha value is -1.06. The maximum Gasteiger partial charge on any atom is 0.224 e. The number of hydrogen-bond donors (Lipinski definition) is 1. The van der Waals surface area contributed by atoms with Crippen molar-refractivity contribution in [1.29, 1.82) is 0 Å². The van der Waals surface area contributed by atoms with Crippen molar-refractivity contribution in [2.75, 3.05) is 6.54 Å². The summed E-state index contributed by atoms with van der Waals surface area (Å²) in [5, 5.41) is 0.700. The predicted molar refractivity (Wildman–Crippen MR) is 75.4 cm³/mol. The lowest BCUT2D eigenvalue weighted by molar-refractivity contribution is -0.133. The van der Waals surface area contributed by atoms with Crippen LogP contribution in [0.5, 0.6) is 0 Å². The number of hydrogen-bond acceptors (Lipinski definition) is 2. The molecule has 0 aliphatic carbocycles. The summed E-state index contributed by atoms with van der Waals surface area (Å²) < 4.78 is 0. The van der Waals surface area contributed by atoms with Gasteiger partial charge in [-0.25, -0.2) is 0 Å². The normalized spacial score (nSPS) is 12.2. The second kappa shape index (κ2) is 7.39. The third-order valence-corrected chi connectivity index (χ3v) is 3.47. The topological polar surface area (TPSA) is 46.3 Å². The van der Waals surface area contributed by atoms with Crippen molar-refractivity contribution < 1.29 is 4.79 Å². The van der Waals surface area contributed by atoms with E-state index in [1.807, 2.05) is 36.1 Å². The van der Waals surface area contributed by atoms with Crippen LogP contribution in [-0.4, -0.2) is 23.4 Å². The van der Waals surface area contributed by atoms with Gasteiger partial charge >= 0.3 is 0 Å². The smallest absolute Gasteiger partial charge is 0.224 e. The lowest BCUT2D eigenvalue weighted by Crippen LogP contribution is -2.38. The zero-order valence-electron chi connectivity index (χ0n) is 11.0. The molecule has 1 aromatic rings. The fraction of sp³-hybridized carbons (Fsp3) is 0.500. The minimum atomic E-state index is 0.0896. The Balaban J connectivity index is 2.85. The molecule has 3 nitrogen and oxygen atoms in total. The van der Waals surface area contributed by atoms with E-state index in [0.29, 0.717) is 24.5 Å². The van der Waals surface area contributed by atoms with Crippen molar-refractivity contribution in [3.8, 4) is 0 Å². The number of amides is 1. The van der Waals surface area contributed by atoms with Crippen molar-refractivity contribution in [1.82, 2.24) is 4.90 Å². The average molecular weight is 269 g/mol. The van der Waals surface area contributed by atoms with E-state index >= 15 is 0 Å². The van der Waals surface area contributed by atoms with E-state index in [-0.39, 0.29) is 11.9 Å². The Bertz CT molecular complexity index is 395. The van der Waals surface area contributed by atoms with E-state index in [4.69, 9.17) is 17.3 Å². The number of halogens is 1. The number of carbonyl (C=O) groups is 1. The van der Waals surface area contributed by atoms with Crippen LogP contribution in [-0.2, 0) is 11.3 Å². The van der Waals surface area contributed by atoms with Gasteiger partial charge in [0.1, 0.15) is 0 Å². The molecule has 0 fully saturated rings. The van der Waals surface area contributed by atoms with Gasteiger partial charge in [-0.05, 0) is 25.0 Å². The Morgan fingerprint density at radius 1 is 1.44 bits per heavy atom. The monoisotopic (exact) mass is 268 g/mol. The molecule has 4 heteroatoms. The van der Waals surface area contributed by atoms with E-state index in [2.05, 4.69) is 6.92 Å². The van der Waals surface area contributed by atoms with E-state index in [9.17, 15) is 4.79 Å². The maximum absolute atomic E-state index is 12.1. The Labute approximate surface area is 114 Å². The Kier molecular flexibility index (Phi) is 6.16. The number of rotatable bonds is 6. The molecule has 0 saturated heterocycles. The first-order chi connectivity index (χ1) is 8.60. The van der Waals surface area contributed by atoms with E-state index in [0.717, 1.165) is 12.0 Å². The van der Waals surface area contributed by atoms with E-state index in [1.54, 1.807) is 0 Å². The molecule has 0 aliphatic heterocycles. The lowest BCUT2D eigenvalue weighted by atomic mass is 10.1. The summed E-state index contributed by atoms with van der Waals surface area (Å²) in [6.45, 7) is 5.05. The fourth-order valence-corrected chi connectivity index (χ4v) is 1.98. The highest BCUT2D eigenvalue weighted by Crippen LogP contribution is 2.19. The highest BCUT2D eigenvalue weighted by atomic mass is 35.5. The number of nitrogens with two attached hydrogens (primary N) is 1. The molecule has 1 rings (SSSR count). The SMILES string of the molecule is CCC(C)N(Cc1ccccc1Cl)C(=O)CCN. The Morgan fingerprint density at radius 2 is 2.11 bits per heavy atom. The fourth-order valence-electron chi connectivity index (χ4n) is 1.79. The number of nitrogens with zero attached hydrogens (tertiary/aromatic N) is 1. The molecule has 0 heterocycles. The number of benzene rings is 1. The van der Waals surface area contributed by atoms with Crippen molar-refractivity contribution in [3.05, 3.63) is 34.9 Å². The van der Waals surface area contributed by atoms with Crippen LogP contribution in [0.15, 0.2) is 24.3 Å². The van der Waals surface area contributed by atoms with Crippen molar-refractivity contribution >= 4 is 17.5 Å². The molecule has 0 aliphatic rings. The largest absolute Gasteiger partial charge is 0.336 e. The Morgan fingerprint density at radius 3 is 2.67 bits per heavy atom. The van der Waals surface area contributed by atoms with Crippen molar-refractivity contribution in [2.24, 2.45) is 5.73 Å². The van der Waals surface area contributed by atoms with E-state index in [1.165, 1.54) is 0 Å². The summed E-state index contributed by atoms with van der Waals surface area (Å²) in [6, 6.07) is 7.82. The zero-order chi connectivity index (χ0) is 13.5. The molecule has 18 heavy (non-hydrogen) atoms. The van der Waals surface area contributed by atoms with Gasteiger partial charge in [0.15, 0.2) is 0 Å². The predicted octanol–water partition coefficient (Wildman–Crippen LogP) is 2.82. The first kappa shape index (κ1) is 15.0. The minimum absolute atomic E-state index is 0.0896.